The van der Waals surface area contributed by atoms with Crippen LogP contribution in [0.3, 0.4) is 0 Å². The summed E-state index contributed by atoms with van der Waals surface area (Å²) in [5, 5.41) is 0. The largest absolute Gasteiger partial charge is 0.0594 e. The van der Waals surface area contributed by atoms with Crippen molar-refractivity contribution in [1.29, 1.82) is 0 Å². The topological polar surface area (TPSA) is 0 Å². The van der Waals surface area contributed by atoms with Gasteiger partial charge in [-0.2, -0.15) is 0 Å². The van der Waals surface area contributed by atoms with Gasteiger partial charge in [-0.15, -0.1) is 0 Å². The maximum atomic E-state index is 2.44. The lowest BCUT2D eigenvalue weighted by Crippen LogP contribution is -1.85. The summed E-state index contributed by atoms with van der Waals surface area (Å²) < 4.78 is 0. The molecular formula is C7H12. The van der Waals surface area contributed by atoms with E-state index in [4.69, 9.17) is 0 Å². The number of fused-ring (bicyclic) bond motifs is 1. The molecule has 0 nitrogen and oxygen atoms in total. The Morgan fingerprint density at radius 3 is 2.57 bits per heavy atom. The number of hydrogen-bond donors (Lipinski definition) is 0. The first kappa shape index (κ1) is 3.94. The van der Waals surface area contributed by atoms with Crippen LogP contribution in [0.25, 0.3) is 0 Å². The van der Waals surface area contributed by atoms with Crippen molar-refractivity contribution in [2.45, 2.75) is 32.6 Å². The molecule has 0 aromatic heterocycles. The minimum absolute atomic E-state index is 0.861. The van der Waals surface area contributed by atoms with Crippen LogP contribution in [-0.2, 0) is 0 Å². The fraction of sp³-hybridized carbons (Fsp3) is 1.00. The second-order valence-corrected chi connectivity index (χ2v) is 3.45. The van der Waals surface area contributed by atoms with Crippen LogP contribution >= 0.6 is 0 Å². The number of rotatable bonds is 0. The van der Waals surface area contributed by atoms with E-state index >= 15 is 0 Å². The number of hydrogen-bond acceptors (Lipinski definition) is 0. The van der Waals surface area contributed by atoms with Gasteiger partial charge >= 0.3 is 0 Å². The van der Waals surface area contributed by atoms with Gasteiger partial charge in [0.05, 0.1) is 0 Å². The van der Waals surface area contributed by atoms with E-state index in [-0.39, 0.29) is 0 Å². The molecule has 0 bridgehead atoms. The lowest BCUT2D eigenvalue weighted by Gasteiger charge is -1.96. The average molecular weight is 96.2 g/mol. The van der Waals surface area contributed by atoms with E-state index in [1.807, 2.05) is 0 Å². The third-order valence-electron chi connectivity index (χ3n) is 2.84. The molecule has 2 fully saturated rings. The van der Waals surface area contributed by atoms with Gasteiger partial charge in [-0.3, -0.25) is 0 Å². The summed E-state index contributed by atoms with van der Waals surface area (Å²) in [6, 6.07) is 0. The minimum atomic E-state index is 0.861. The zero-order chi connectivity index (χ0) is 4.91. The van der Waals surface area contributed by atoms with E-state index in [0.717, 1.165) is 11.3 Å². The van der Waals surface area contributed by atoms with Crippen molar-refractivity contribution < 1.29 is 0 Å². The van der Waals surface area contributed by atoms with E-state index < -0.39 is 0 Å². The Morgan fingerprint density at radius 2 is 2.43 bits per heavy atom. The van der Waals surface area contributed by atoms with Gasteiger partial charge in [0.25, 0.3) is 0 Å². The molecule has 0 heteroatoms. The van der Waals surface area contributed by atoms with Crippen molar-refractivity contribution in [2.75, 3.05) is 0 Å². The van der Waals surface area contributed by atoms with Crippen LogP contribution in [0.2, 0.25) is 0 Å². The van der Waals surface area contributed by atoms with E-state index in [1.54, 1.807) is 6.42 Å². The van der Waals surface area contributed by atoms with Crippen LogP contribution in [0, 0.1) is 11.3 Å². The summed E-state index contributed by atoms with van der Waals surface area (Å²) in [6.07, 6.45) is 6.13. The monoisotopic (exact) mass is 96.1 g/mol. The second-order valence-electron chi connectivity index (χ2n) is 3.45. The van der Waals surface area contributed by atoms with Crippen molar-refractivity contribution in [3.05, 3.63) is 0 Å². The molecular weight excluding hydrogens is 84.1 g/mol. The predicted octanol–water partition coefficient (Wildman–Crippen LogP) is 2.20. The normalized spacial score (nSPS) is 57.0. The molecule has 1 unspecified atom stereocenters. The average Bonchev–Trinajstić information content (AvgIpc) is 2.09. The molecule has 0 aromatic rings. The summed E-state index contributed by atoms with van der Waals surface area (Å²) in [4.78, 5) is 0. The highest BCUT2D eigenvalue weighted by Crippen LogP contribution is 2.62. The molecule has 0 saturated heterocycles. The lowest BCUT2D eigenvalue weighted by atomic mass is 10.1. The zero-order valence-electron chi connectivity index (χ0n) is 4.91. The highest BCUT2D eigenvalue weighted by molar-refractivity contribution is 5.02. The van der Waals surface area contributed by atoms with E-state index in [9.17, 15) is 0 Å². The highest BCUT2D eigenvalue weighted by atomic mass is 14.6. The summed E-state index contributed by atoms with van der Waals surface area (Å²) in [7, 11) is 0. The SMILES string of the molecule is C[C@]12CCCC1C2. The smallest absolute Gasteiger partial charge is 0.0294 e. The molecule has 2 aliphatic carbocycles. The van der Waals surface area contributed by atoms with Crippen LogP contribution in [0.4, 0.5) is 0 Å². The molecule has 0 aliphatic heterocycles. The van der Waals surface area contributed by atoms with Gasteiger partial charge in [0.2, 0.25) is 0 Å². The zero-order valence-corrected chi connectivity index (χ0v) is 4.91. The fourth-order valence-corrected chi connectivity index (χ4v) is 2.01. The first-order valence-corrected chi connectivity index (χ1v) is 3.31. The Labute approximate surface area is 44.9 Å². The van der Waals surface area contributed by atoms with Crippen LogP contribution in [0.1, 0.15) is 32.6 Å². The van der Waals surface area contributed by atoms with Crippen LogP contribution in [-0.4, -0.2) is 0 Å². The van der Waals surface area contributed by atoms with Gasteiger partial charge in [0.15, 0.2) is 0 Å². The third-order valence-corrected chi connectivity index (χ3v) is 2.84. The van der Waals surface area contributed by atoms with Crippen LogP contribution < -0.4 is 0 Å². The fourth-order valence-electron chi connectivity index (χ4n) is 2.01. The molecule has 0 aromatic carbocycles. The molecule has 2 rings (SSSR count). The maximum absolute atomic E-state index is 2.44. The van der Waals surface area contributed by atoms with E-state index in [2.05, 4.69) is 6.92 Å². The van der Waals surface area contributed by atoms with E-state index in [1.165, 1.54) is 19.3 Å². The Balaban J connectivity index is 2.17. The first-order chi connectivity index (χ1) is 3.31. The Morgan fingerprint density at radius 1 is 1.57 bits per heavy atom. The highest BCUT2D eigenvalue weighted by Gasteiger charge is 2.52. The van der Waals surface area contributed by atoms with Gasteiger partial charge < -0.3 is 0 Å². The Bertz CT molecular complexity index is 94.2. The van der Waals surface area contributed by atoms with Crippen molar-refractivity contribution in [3.63, 3.8) is 0 Å². The summed E-state index contributed by atoms with van der Waals surface area (Å²) in [5.41, 5.74) is 0.861. The second kappa shape index (κ2) is 0.888. The van der Waals surface area contributed by atoms with Gasteiger partial charge in [-0.05, 0) is 30.6 Å². The molecule has 2 aliphatic rings. The van der Waals surface area contributed by atoms with Crippen molar-refractivity contribution in [3.8, 4) is 0 Å². The summed E-state index contributed by atoms with van der Waals surface area (Å²) in [5.74, 6) is 1.16. The quantitative estimate of drug-likeness (QED) is 0.433. The Kier molecular flexibility index (Phi) is 0.499. The summed E-state index contributed by atoms with van der Waals surface area (Å²) >= 11 is 0. The molecule has 2 saturated carbocycles. The maximum Gasteiger partial charge on any atom is -0.0294 e. The minimum Gasteiger partial charge on any atom is -0.0594 e. The van der Waals surface area contributed by atoms with Gasteiger partial charge in [0.1, 0.15) is 0 Å². The standard InChI is InChI=1S/C7H12/c1-7-4-2-3-6(7)5-7/h6H,2-5H2,1H3/t6?,7-/m1/s1. The molecule has 0 spiro atoms. The van der Waals surface area contributed by atoms with Crippen molar-refractivity contribution in [1.82, 2.24) is 0 Å². The molecule has 7 heavy (non-hydrogen) atoms. The molecule has 0 amide bonds. The summed E-state index contributed by atoms with van der Waals surface area (Å²) in [6.45, 7) is 2.44. The molecule has 0 radical (unpaired) electrons. The van der Waals surface area contributed by atoms with Crippen molar-refractivity contribution in [2.24, 2.45) is 11.3 Å². The van der Waals surface area contributed by atoms with Crippen molar-refractivity contribution >= 4 is 0 Å². The first-order valence-electron chi connectivity index (χ1n) is 3.31. The van der Waals surface area contributed by atoms with Gasteiger partial charge in [-0.25, -0.2) is 0 Å². The van der Waals surface area contributed by atoms with E-state index in [0.29, 0.717) is 0 Å². The predicted molar refractivity (Wildman–Crippen MR) is 30.1 cm³/mol. The van der Waals surface area contributed by atoms with Gasteiger partial charge in [-0.1, -0.05) is 13.3 Å². The molecule has 0 heterocycles. The third kappa shape index (κ3) is 0.375. The van der Waals surface area contributed by atoms with Crippen LogP contribution in [0.15, 0.2) is 0 Å². The molecule has 40 valence electrons. The van der Waals surface area contributed by atoms with Gasteiger partial charge in [0, 0.05) is 0 Å². The molecule has 0 N–H and O–H groups in total. The van der Waals surface area contributed by atoms with Crippen LogP contribution in [0.5, 0.6) is 0 Å². The Hall–Kier alpha value is 0. The molecule has 2 atom stereocenters. The lowest BCUT2D eigenvalue weighted by molar-refractivity contribution is 0.547.